The maximum atomic E-state index is 12.5. The number of pyridine rings is 1. The fraction of sp³-hybridized carbons (Fsp3) is 0.111. The molecule has 0 unspecified atom stereocenters. The van der Waals surface area contributed by atoms with Gasteiger partial charge in [0.25, 0.3) is 0 Å². The maximum absolute atomic E-state index is 12.5. The predicted molar refractivity (Wildman–Crippen MR) is 89.3 cm³/mol. The van der Waals surface area contributed by atoms with Gasteiger partial charge in [0.2, 0.25) is 5.88 Å². The molecule has 0 aliphatic heterocycles. The summed E-state index contributed by atoms with van der Waals surface area (Å²) in [7, 11) is 0. The number of fused-ring (bicyclic) bond motifs is 1. The molecule has 3 aromatic rings. The molecule has 0 N–H and O–H groups in total. The van der Waals surface area contributed by atoms with E-state index in [0.29, 0.717) is 17.4 Å². The first kappa shape index (κ1) is 15.3. The summed E-state index contributed by atoms with van der Waals surface area (Å²) in [5.41, 5.74) is 0.286. The number of aromatic nitrogens is 1. The second-order valence-electron chi connectivity index (χ2n) is 4.77. The van der Waals surface area contributed by atoms with Gasteiger partial charge in [-0.1, -0.05) is 35.9 Å². The van der Waals surface area contributed by atoms with E-state index < -0.39 is 5.97 Å². The topological polar surface area (TPSA) is 48.4 Å². The van der Waals surface area contributed by atoms with Crippen LogP contribution < -0.4 is 9.47 Å². The predicted octanol–water partition coefficient (Wildman–Crippen LogP) is 4.51. The number of carbonyl (C=O) groups is 1. The Balaban J connectivity index is 1.97. The van der Waals surface area contributed by atoms with E-state index in [2.05, 4.69) is 4.98 Å². The van der Waals surface area contributed by atoms with E-state index in [1.807, 2.05) is 31.2 Å². The van der Waals surface area contributed by atoms with E-state index >= 15 is 0 Å². The number of hydrogen-bond acceptors (Lipinski definition) is 4. The minimum absolute atomic E-state index is 0.262. The highest BCUT2D eigenvalue weighted by molar-refractivity contribution is 6.35. The Morgan fingerprint density at radius 2 is 1.87 bits per heavy atom. The second kappa shape index (κ2) is 6.67. The third-order valence-corrected chi connectivity index (χ3v) is 3.64. The lowest BCUT2D eigenvalue weighted by molar-refractivity contribution is 0.0732. The summed E-state index contributed by atoms with van der Waals surface area (Å²) in [5.74, 6) is 0.189. The van der Waals surface area contributed by atoms with Gasteiger partial charge < -0.3 is 9.47 Å². The maximum Gasteiger partial charge on any atom is 0.349 e. The Morgan fingerprint density at radius 3 is 2.65 bits per heavy atom. The lowest BCUT2D eigenvalue weighted by Gasteiger charge is -2.11. The lowest BCUT2D eigenvalue weighted by Crippen LogP contribution is -2.12. The molecule has 0 saturated heterocycles. The van der Waals surface area contributed by atoms with E-state index in [-0.39, 0.29) is 11.4 Å². The number of esters is 1. The Morgan fingerprint density at radius 1 is 1.09 bits per heavy atom. The minimum Gasteiger partial charge on any atom is -0.477 e. The van der Waals surface area contributed by atoms with E-state index in [0.717, 1.165) is 10.8 Å². The van der Waals surface area contributed by atoms with Crippen molar-refractivity contribution in [2.75, 3.05) is 6.61 Å². The molecule has 0 radical (unpaired) electrons. The molecule has 2 aromatic carbocycles. The highest BCUT2D eigenvalue weighted by atomic mass is 35.5. The molecule has 0 spiro atoms. The van der Waals surface area contributed by atoms with Crippen LogP contribution in [0.25, 0.3) is 10.8 Å². The van der Waals surface area contributed by atoms with Gasteiger partial charge in [0.15, 0.2) is 0 Å². The van der Waals surface area contributed by atoms with Crippen molar-refractivity contribution in [1.29, 1.82) is 0 Å². The number of hydrogen-bond donors (Lipinski definition) is 0. The first-order valence-corrected chi connectivity index (χ1v) is 7.55. The zero-order valence-electron chi connectivity index (χ0n) is 12.5. The smallest absolute Gasteiger partial charge is 0.349 e. The SMILES string of the molecule is CCOc1ncccc1C(=O)Oc1ccc(Cl)c2ccccc12. The van der Waals surface area contributed by atoms with Gasteiger partial charge in [0, 0.05) is 22.0 Å². The third-order valence-electron chi connectivity index (χ3n) is 3.31. The normalized spacial score (nSPS) is 10.5. The molecule has 0 aliphatic rings. The van der Waals surface area contributed by atoms with Crippen LogP contribution in [0.3, 0.4) is 0 Å². The van der Waals surface area contributed by atoms with Gasteiger partial charge >= 0.3 is 5.97 Å². The van der Waals surface area contributed by atoms with Crippen LogP contribution in [0.2, 0.25) is 5.02 Å². The minimum atomic E-state index is -0.519. The quantitative estimate of drug-likeness (QED) is 0.522. The molecule has 23 heavy (non-hydrogen) atoms. The fourth-order valence-corrected chi connectivity index (χ4v) is 2.50. The summed E-state index contributed by atoms with van der Waals surface area (Å²) in [6.45, 7) is 2.25. The molecular weight excluding hydrogens is 314 g/mol. The zero-order valence-corrected chi connectivity index (χ0v) is 13.2. The average Bonchev–Trinajstić information content (AvgIpc) is 2.58. The highest BCUT2D eigenvalue weighted by Gasteiger charge is 2.17. The van der Waals surface area contributed by atoms with E-state index in [9.17, 15) is 4.79 Å². The number of carbonyl (C=O) groups excluding carboxylic acids is 1. The molecule has 3 rings (SSSR count). The summed E-state index contributed by atoms with van der Waals surface area (Å²) in [4.78, 5) is 16.5. The van der Waals surface area contributed by atoms with Crippen LogP contribution in [-0.2, 0) is 0 Å². The van der Waals surface area contributed by atoms with Gasteiger partial charge in [0.05, 0.1) is 6.61 Å². The summed E-state index contributed by atoms with van der Waals surface area (Å²) in [5, 5.41) is 2.21. The van der Waals surface area contributed by atoms with Crippen molar-refractivity contribution < 1.29 is 14.3 Å². The zero-order chi connectivity index (χ0) is 16.2. The second-order valence-corrected chi connectivity index (χ2v) is 5.18. The van der Waals surface area contributed by atoms with E-state index in [1.165, 1.54) is 0 Å². The summed E-state index contributed by atoms with van der Waals surface area (Å²) in [6, 6.07) is 14.2. The van der Waals surface area contributed by atoms with Gasteiger partial charge in [-0.15, -0.1) is 0 Å². The first-order valence-electron chi connectivity index (χ1n) is 7.18. The molecule has 0 saturated carbocycles. The molecule has 5 heteroatoms. The number of nitrogens with zero attached hydrogens (tertiary/aromatic N) is 1. The van der Waals surface area contributed by atoms with Crippen molar-refractivity contribution in [3.8, 4) is 11.6 Å². The Hall–Kier alpha value is -2.59. The van der Waals surface area contributed by atoms with Crippen LogP contribution in [0, 0.1) is 0 Å². The molecule has 0 aliphatic carbocycles. The lowest BCUT2D eigenvalue weighted by atomic mass is 10.1. The summed E-state index contributed by atoms with van der Waals surface area (Å²) < 4.78 is 10.9. The standard InChI is InChI=1S/C18H14ClNO3/c1-2-22-17-14(8-5-11-20-17)18(21)23-16-10-9-15(19)12-6-3-4-7-13(12)16/h3-11H,2H2,1H3. The molecule has 0 amide bonds. The molecule has 1 aromatic heterocycles. The monoisotopic (exact) mass is 327 g/mol. The Labute approximate surface area is 138 Å². The molecule has 0 atom stereocenters. The number of rotatable bonds is 4. The number of benzene rings is 2. The van der Waals surface area contributed by atoms with Gasteiger partial charge in [0.1, 0.15) is 11.3 Å². The summed E-state index contributed by atoms with van der Waals surface area (Å²) >= 11 is 6.18. The van der Waals surface area contributed by atoms with Crippen LogP contribution in [-0.4, -0.2) is 17.6 Å². The van der Waals surface area contributed by atoms with Gasteiger partial charge in [-0.05, 0) is 31.2 Å². The van der Waals surface area contributed by atoms with Gasteiger partial charge in [-0.2, -0.15) is 0 Å². The van der Waals surface area contributed by atoms with E-state index in [4.69, 9.17) is 21.1 Å². The molecular formula is C18H14ClNO3. The van der Waals surface area contributed by atoms with Crippen molar-refractivity contribution in [2.45, 2.75) is 6.92 Å². The molecule has 1 heterocycles. The first-order chi connectivity index (χ1) is 11.2. The van der Waals surface area contributed by atoms with Crippen LogP contribution >= 0.6 is 11.6 Å². The highest BCUT2D eigenvalue weighted by Crippen LogP contribution is 2.32. The Kier molecular flexibility index (Phi) is 4.44. The Bertz CT molecular complexity index is 864. The van der Waals surface area contributed by atoms with Crippen molar-refractivity contribution in [3.05, 3.63) is 65.3 Å². The molecule has 0 fully saturated rings. The van der Waals surface area contributed by atoms with Gasteiger partial charge in [-0.3, -0.25) is 0 Å². The number of ether oxygens (including phenoxy) is 2. The average molecular weight is 328 g/mol. The van der Waals surface area contributed by atoms with Crippen LogP contribution in [0.15, 0.2) is 54.7 Å². The fourth-order valence-electron chi connectivity index (χ4n) is 2.28. The van der Waals surface area contributed by atoms with Crippen molar-refractivity contribution in [3.63, 3.8) is 0 Å². The van der Waals surface area contributed by atoms with E-state index in [1.54, 1.807) is 30.5 Å². The summed E-state index contributed by atoms with van der Waals surface area (Å²) in [6.07, 6.45) is 1.57. The van der Waals surface area contributed by atoms with Crippen LogP contribution in [0.1, 0.15) is 17.3 Å². The number of halogens is 1. The van der Waals surface area contributed by atoms with Crippen LogP contribution in [0.5, 0.6) is 11.6 Å². The van der Waals surface area contributed by atoms with Crippen molar-refractivity contribution >= 4 is 28.3 Å². The third kappa shape index (κ3) is 3.12. The molecule has 116 valence electrons. The van der Waals surface area contributed by atoms with Crippen molar-refractivity contribution in [2.24, 2.45) is 0 Å². The van der Waals surface area contributed by atoms with Crippen molar-refractivity contribution in [1.82, 2.24) is 4.98 Å². The largest absolute Gasteiger partial charge is 0.477 e. The molecule has 4 nitrogen and oxygen atoms in total. The molecule has 0 bridgehead atoms. The van der Waals surface area contributed by atoms with Gasteiger partial charge in [-0.25, -0.2) is 9.78 Å². The van der Waals surface area contributed by atoms with Crippen LogP contribution in [0.4, 0.5) is 0 Å².